The Hall–Kier alpha value is -4.08. The normalized spacial score (nSPS) is 13.4. The Labute approximate surface area is 193 Å². The van der Waals surface area contributed by atoms with Crippen molar-refractivity contribution in [3.63, 3.8) is 0 Å². The van der Waals surface area contributed by atoms with Gasteiger partial charge in [0.25, 0.3) is 12.4 Å². The second kappa shape index (κ2) is 10.7. The first-order chi connectivity index (χ1) is 16.3. The maximum Gasteiger partial charge on any atom is 0.416 e. The topological polar surface area (TPSA) is 84.7 Å². The zero-order valence-electron chi connectivity index (χ0n) is 18.2. The lowest BCUT2D eigenvalue weighted by Gasteiger charge is -2.30. The van der Waals surface area contributed by atoms with Gasteiger partial charge in [-0.2, -0.15) is 13.2 Å². The number of nitrogens with zero attached hydrogens (tertiary/aromatic N) is 3. The molecule has 2 aromatic carbocycles. The lowest BCUT2D eigenvalue weighted by atomic mass is 9.99. The summed E-state index contributed by atoms with van der Waals surface area (Å²) < 4.78 is 45.6. The Morgan fingerprint density at radius 1 is 1.12 bits per heavy atom. The number of carbonyl (C=O) groups excluding carboxylic acids is 1. The molecule has 4 rings (SSSR count). The second-order valence-corrected chi connectivity index (χ2v) is 7.28. The molecule has 10 heteroatoms. The van der Waals surface area contributed by atoms with Gasteiger partial charge in [0.05, 0.1) is 11.9 Å². The maximum atomic E-state index is 13.0. The van der Waals surface area contributed by atoms with Crippen molar-refractivity contribution in [2.45, 2.75) is 26.1 Å². The minimum absolute atomic E-state index is 0.0970. The SMILES string of the molecule is CC=C(C(=O)N1CCc2ccc(Oc3ccc(C(F)(F)F)cc3)cc2C1)n1ccnc1.O=CO. The van der Waals surface area contributed by atoms with Crippen LogP contribution < -0.4 is 4.74 Å². The molecule has 0 saturated carbocycles. The number of imidazole rings is 1. The molecule has 7 nitrogen and oxygen atoms in total. The molecule has 1 aliphatic heterocycles. The molecular formula is C24H22F3N3O4. The Balaban J connectivity index is 0.00000103. The van der Waals surface area contributed by atoms with Gasteiger partial charge in [0.2, 0.25) is 0 Å². The van der Waals surface area contributed by atoms with Gasteiger partial charge < -0.3 is 19.3 Å². The quantitative estimate of drug-likeness (QED) is 0.433. The van der Waals surface area contributed by atoms with E-state index in [1.807, 2.05) is 12.1 Å². The van der Waals surface area contributed by atoms with E-state index >= 15 is 0 Å². The number of alkyl halides is 3. The highest BCUT2D eigenvalue weighted by atomic mass is 19.4. The van der Waals surface area contributed by atoms with Crippen LogP contribution in [-0.4, -0.2) is 38.5 Å². The van der Waals surface area contributed by atoms with Crippen LogP contribution in [0.3, 0.4) is 0 Å². The summed E-state index contributed by atoms with van der Waals surface area (Å²) in [7, 11) is 0. The van der Waals surface area contributed by atoms with Crippen molar-refractivity contribution < 1.29 is 32.6 Å². The number of fused-ring (bicyclic) bond motifs is 1. The summed E-state index contributed by atoms with van der Waals surface area (Å²) in [6.45, 7) is 2.57. The van der Waals surface area contributed by atoms with Gasteiger partial charge in [0.15, 0.2) is 0 Å². The van der Waals surface area contributed by atoms with Crippen molar-refractivity contribution >= 4 is 18.1 Å². The molecule has 0 saturated heterocycles. The van der Waals surface area contributed by atoms with Gasteiger partial charge in [-0.1, -0.05) is 12.1 Å². The number of carbonyl (C=O) groups is 2. The third-order valence-electron chi connectivity index (χ3n) is 5.17. The molecule has 0 atom stereocenters. The molecule has 2 heterocycles. The fraction of sp³-hybridized carbons (Fsp3) is 0.208. The molecule has 34 heavy (non-hydrogen) atoms. The molecule has 0 spiro atoms. The largest absolute Gasteiger partial charge is 0.483 e. The third-order valence-corrected chi connectivity index (χ3v) is 5.17. The Bertz CT molecular complexity index is 1160. The third kappa shape index (κ3) is 5.83. The highest BCUT2D eigenvalue weighted by molar-refractivity contribution is 6.13. The van der Waals surface area contributed by atoms with Gasteiger partial charge in [0, 0.05) is 25.5 Å². The van der Waals surface area contributed by atoms with E-state index in [0.29, 0.717) is 36.7 Å². The van der Waals surface area contributed by atoms with Gasteiger partial charge in [0.1, 0.15) is 17.2 Å². The van der Waals surface area contributed by atoms with E-state index in [1.165, 1.54) is 12.1 Å². The van der Waals surface area contributed by atoms with E-state index in [4.69, 9.17) is 14.6 Å². The number of allylic oxidation sites excluding steroid dienone is 1. The Kier molecular flexibility index (Phi) is 7.72. The van der Waals surface area contributed by atoms with Gasteiger partial charge in [-0.15, -0.1) is 0 Å². The summed E-state index contributed by atoms with van der Waals surface area (Å²) >= 11 is 0. The summed E-state index contributed by atoms with van der Waals surface area (Å²) in [6.07, 6.45) is 3.00. The van der Waals surface area contributed by atoms with E-state index in [2.05, 4.69) is 4.98 Å². The molecule has 0 radical (unpaired) electrons. The van der Waals surface area contributed by atoms with Gasteiger partial charge in [-0.05, 0) is 60.9 Å². The molecule has 3 aromatic rings. The van der Waals surface area contributed by atoms with E-state index in [9.17, 15) is 18.0 Å². The lowest BCUT2D eigenvalue weighted by molar-refractivity contribution is -0.137. The number of hydrogen-bond acceptors (Lipinski definition) is 4. The van der Waals surface area contributed by atoms with Gasteiger partial charge in [-0.3, -0.25) is 9.59 Å². The minimum atomic E-state index is -4.39. The molecule has 1 aliphatic rings. The van der Waals surface area contributed by atoms with Crippen LogP contribution in [-0.2, 0) is 28.7 Å². The van der Waals surface area contributed by atoms with Crippen molar-refractivity contribution in [2.75, 3.05) is 6.54 Å². The predicted octanol–water partition coefficient (Wildman–Crippen LogP) is 4.84. The summed E-state index contributed by atoms with van der Waals surface area (Å²) in [6, 6.07) is 10.1. The van der Waals surface area contributed by atoms with E-state index < -0.39 is 11.7 Å². The highest BCUT2D eigenvalue weighted by Gasteiger charge is 2.30. The zero-order valence-corrected chi connectivity index (χ0v) is 18.2. The highest BCUT2D eigenvalue weighted by Crippen LogP contribution is 2.32. The van der Waals surface area contributed by atoms with Gasteiger partial charge in [-0.25, -0.2) is 4.98 Å². The number of ether oxygens (including phenoxy) is 1. The van der Waals surface area contributed by atoms with Crippen molar-refractivity contribution in [3.05, 3.63) is 84.0 Å². The number of amides is 1. The van der Waals surface area contributed by atoms with Crippen molar-refractivity contribution in [1.29, 1.82) is 0 Å². The van der Waals surface area contributed by atoms with Crippen molar-refractivity contribution in [1.82, 2.24) is 14.5 Å². The summed E-state index contributed by atoms with van der Waals surface area (Å²) in [5.74, 6) is 0.724. The number of halogens is 3. The smallest absolute Gasteiger partial charge is 0.416 e. The molecule has 0 bridgehead atoms. The number of rotatable bonds is 4. The number of hydrogen-bond donors (Lipinski definition) is 1. The molecule has 178 valence electrons. The van der Waals surface area contributed by atoms with Gasteiger partial charge >= 0.3 is 6.18 Å². The van der Waals surface area contributed by atoms with Crippen LogP contribution in [0.15, 0.2) is 67.3 Å². The molecule has 0 fully saturated rings. The standard InChI is InChI=1S/C23H20F3N3O2.CH2O2/c1-2-21(29-12-10-27-15-29)22(30)28-11-9-16-3-6-20(13-17(16)14-28)31-19-7-4-18(5-8-19)23(24,25)26;2-1-3/h2-8,10,12-13,15H,9,11,14H2,1H3;1H,(H,2,3). The first kappa shape index (κ1) is 24.6. The van der Waals surface area contributed by atoms with E-state index in [-0.39, 0.29) is 12.4 Å². The molecule has 1 amide bonds. The molecule has 0 unspecified atom stereocenters. The number of aromatic nitrogens is 2. The monoisotopic (exact) mass is 473 g/mol. The summed E-state index contributed by atoms with van der Waals surface area (Å²) in [5, 5.41) is 6.89. The average molecular weight is 473 g/mol. The van der Waals surface area contributed by atoms with E-state index in [1.54, 1.807) is 47.3 Å². The van der Waals surface area contributed by atoms with Crippen LogP contribution in [0.4, 0.5) is 13.2 Å². The Morgan fingerprint density at radius 3 is 2.38 bits per heavy atom. The molecule has 1 aromatic heterocycles. The van der Waals surface area contributed by atoms with Crippen molar-refractivity contribution in [2.24, 2.45) is 0 Å². The Morgan fingerprint density at radius 2 is 1.79 bits per heavy atom. The zero-order chi connectivity index (χ0) is 24.7. The lowest BCUT2D eigenvalue weighted by Crippen LogP contribution is -2.37. The fourth-order valence-electron chi connectivity index (χ4n) is 3.56. The number of carboxylic acid groups (broad SMARTS) is 1. The first-order valence-electron chi connectivity index (χ1n) is 10.3. The molecule has 1 N–H and O–H groups in total. The summed E-state index contributed by atoms with van der Waals surface area (Å²) in [4.78, 5) is 27.1. The van der Waals surface area contributed by atoms with Crippen molar-refractivity contribution in [3.8, 4) is 11.5 Å². The first-order valence-corrected chi connectivity index (χ1v) is 10.3. The molecular weight excluding hydrogens is 451 g/mol. The predicted molar refractivity (Wildman–Crippen MR) is 118 cm³/mol. The van der Waals surface area contributed by atoms with Crippen LogP contribution in [0.1, 0.15) is 23.6 Å². The molecule has 0 aliphatic carbocycles. The van der Waals surface area contributed by atoms with E-state index in [0.717, 1.165) is 23.3 Å². The van der Waals surface area contributed by atoms with Crippen LogP contribution in [0.5, 0.6) is 11.5 Å². The average Bonchev–Trinajstić information content (AvgIpc) is 3.34. The maximum absolute atomic E-state index is 13.0. The number of benzene rings is 2. The van der Waals surface area contributed by atoms with Crippen LogP contribution in [0.2, 0.25) is 0 Å². The van der Waals surface area contributed by atoms with Crippen LogP contribution in [0, 0.1) is 0 Å². The van der Waals surface area contributed by atoms with Crippen LogP contribution in [0.25, 0.3) is 5.70 Å². The second-order valence-electron chi connectivity index (χ2n) is 7.28. The summed E-state index contributed by atoms with van der Waals surface area (Å²) in [5.41, 5.74) is 1.87. The minimum Gasteiger partial charge on any atom is -0.483 e. The van der Waals surface area contributed by atoms with Crippen LogP contribution >= 0.6 is 0 Å². The fourth-order valence-corrected chi connectivity index (χ4v) is 3.56.